The Balaban J connectivity index is 1.24. The van der Waals surface area contributed by atoms with E-state index in [0.29, 0.717) is 25.0 Å². The predicted octanol–water partition coefficient (Wildman–Crippen LogP) is 21.9. The Morgan fingerprint density at radius 3 is 0.958 bits per heavy atom. The van der Waals surface area contributed by atoms with Crippen molar-refractivity contribution in [2.24, 2.45) is 17.3 Å². The molecule has 0 saturated heterocycles. The van der Waals surface area contributed by atoms with Crippen molar-refractivity contribution in [3.63, 3.8) is 0 Å². The van der Waals surface area contributed by atoms with Crippen molar-refractivity contribution >= 4 is 17.2 Å². The van der Waals surface area contributed by atoms with E-state index in [4.69, 9.17) is 27.1 Å². The van der Waals surface area contributed by atoms with E-state index >= 15 is 0 Å². The molecule has 4 rings (SSSR count). The first-order valence-electron chi connectivity index (χ1n) is 30.6. The summed E-state index contributed by atoms with van der Waals surface area (Å²) >= 11 is 0. The molecule has 0 bridgehead atoms. The Morgan fingerprint density at radius 1 is 0.366 bits per heavy atom. The monoisotopic (exact) mass is 1020 g/mol. The molecular formula is C63H110O6P2. The molecular weight excluding hydrogens is 915 g/mol. The normalized spacial score (nSPS) is 19.5. The van der Waals surface area contributed by atoms with E-state index in [-0.39, 0.29) is 17.6 Å². The van der Waals surface area contributed by atoms with Gasteiger partial charge in [0.05, 0.1) is 25.4 Å². The molecule has 0 aromatic heterocycles. The third-order valence-corrected chi connectivity index (χ3v) is 18.6. The molecule has 2 fully saturated rings. The van der Waals surface area contributed by atoms with Crippen molar-refractivity contribution < 1.29 is 27.1 Å². The van der Waals surface area contributed by atoms with Crippen LogP contribution < -0.4 is 9.05 Å². The first-order valence-corrected chi connectivity index (χ1v) is 32.8. The van der Waals surface area contributed by atoms with Crippen LogP contribution in [-0.4, -0.2) is 25.4 Å². The van der Waals surface area contributed by atoms with Gasteiger partial charge in [0, 0.05) is 0 Å². The molecule has 0 amide bonds. The molecule has 0 aliphatic heterocycles. The van der Waals surface area contributed by atoms with E-state index in [2.05, 4.69) is 90.1 Å². The maximum atomic E-state index is 6.79. The van der Waals surface area contributed by atoms with E-state index in [1.54, 1.807) is 0 Å². The van der Waals surface area contributed by atoms with Crippen LogP contribution in [0.4, 0.5) is 0 Å². The van der Waals surface area contributed by atoms with Gasteiger partial charge >= 0.3 is 17.2 Å². The summed E-state index contributed by atoms with van der Waals surface area (Å²) in [6.45, 7) is 15.7. The van der Waals surface area contributed by atoms with Gasteiger partial charge in [0.1, 0.15) is 11.5 Å². The van der Waals surface area contributed by atoms with Gasteiger partial charge in [-0.25, -0.2) is 0 Å². The molecule has 2 aromatic rings. The highest BCUT2D eigenvalue weighted by Crippen LogP contribution is 2.53. The zero-order valence-corrected chi connectivity index (χ0v) is 48.8. The van der Waals surface area contributed by atoms with Gasteiger partial charge in [0.25, 0.3) is 0 Å². The molecule has 0 radical (unpaired) electrons. The third kappa shape index (κ3) is 27.9. The second kappa shape index (κ2) is 40.1. The lowest BCUT2D eigenvalue weighted by Gasteiger charge is -2.46. The molecule has 0 N–H and O–H groups in total. The summed E-state index contributed by atoms with van der Waals surface area (Å²) in [5.74, 6) is 3.12. The van der Waals surface area contributed by atoms with E-state index in [1.807, 2.05) is 0 Å². The maximum Gasteiger partial charge on any atom is 0.397 e. The van der Waals surface area contributed by atoms with Crippen LogP contribution in [0.2, 0.25) is 0 Å². The molecule has 2 aromatic carbocycles. The predicted molar refractivity (Wildman–Crippen MR) is 307 cm³/mol. The van der Waals surface area contributed by atoms with Crippen LogP contribution in [0, 0.1) is 17.3 Å². The Kier molecular flexibility index (Phi) is 35.1. The summed E-state index contributed by atoms with van der Waals surface area (Å²) in [6, 6.07) is 17.6. The Hall–Kier alpha value is -1.26. The number of hydrogen-bond acceptors (Lipinski definition) is 6. The fourth-order valence-electron chi connectivity index (χ4n) is 11.1. The van der Waals surface area contributed by atoms with Crippen molar-refractivity contribution in [1.82, 2.24) is 0 Å². The summed E-state index contributed by atoms with van der Waals surface area (Å²) in [5.41, 5.74) is 3.07. The Morgan fingerprint density at radius 2 is 0.648 bits per heavy atom. The first-order chi connectivity index (χ1) is 34.8. The van der Waals surface area contributed by atoms with Crippen LogP contribution in [0.3, 0.4) is 0 Å². The fraction of sp³-hybridized carbons (Fsp3) is 0.810. The number of hydrogen-bond donors (Lipinski definition) is 0. The largest absolute Gasteiger partial charge is 0.427 e. The van der Waals surface area contributed by atoms with Crippen molar-refractivity contribution in [3.8, 4) is 11.5 Å². The van der Waals surface area contributed by atoms with E-state index in [0.717, 1.165) is 62.9 Å². The highest BCUT2D eigenvalue weighted by atomic mass is 31.2. The summed E-state index contributed by atoms with van der Waals surface area (Å²) in [4.78, 5) is 0. The molecule has 2 aliphatic carbocycles. The van der Waals surface area contributed by atoms with E-state index < -0.39 is 17.2 Å². The molecule has 8 heteroatoms. The van der Waals surface area contributed by atoms with Gasteiger partial charge in [-0.3, -0.25) is 9.05 Å². The fourth-order valence-corrected chi connectivity index (χ4v) is 13.5. The number of rotatable bonds is 44. The van der Waals surface area contributed by atoms with Crippen LogP contribution in [0.25, 0.3) is 0 Å². The quantitative estimate of drug-likeness (QED) is 0.0487. The van der Waals surface area contributed by atoms with Crippen LogP contribution in [0.5, 0.6) is 11.5 Å². The number of benzene rings is 2. The topological polar surface area (TPSA) is 55.4 Å². The highest BCUT2D eigenvalue weighted by molar-refractivity contribution is 7.42. The summed E-state index contributed by atoms with van der Waals surface area (Å²) in [6.07, 6.45) is 48.3. The first kappa shape index (κ1) is 62.3. The molecule has 0 heterocycles. The molecule has 2 aliphatic rings. The van der Waals surface area contributed by atoms with Gasteiger partial charge in [0.2, 0.25) is 0 Å². The van der Waals surface area contributed by atoms with Gasteiger partial charge in [-0.2, -0.15) is 0 Å². The van der Waals surface area contributed by atoms with Crippen LogP contribution in [0.1, 0.15) is 284 Å². The minimum Gasteiger partial charge on any atom is -0.427 e. The third-order valence-electron chi connectivity index (χ3n) is 16.2. The lowest BCUT2D eigenvalue weighted by molar-refractivity contribution is 0.00601. The molecule has 0 spiro atoms. The molecule has 408 valence electrons. The molecule has 2 unspecified atom stereocenters. The lowest BCUT2D eigenvalue weighted by Crippen LogP contribution is -2.38. The van der Waals surface area contributed by atoms with Crippen LogP contribution in [-0.2, 0) is 30.9 Å². The molecule has 6 nitrogen and oxygen atoms in total. The SMILES string of the molecule is CCCCCCCCCOP(Oc1ccc(CCCCCCCCC)cc1)OC1CCC(C(C)(C)C2CCC(OP(OCCCCCCCCC)Oc3ccc(CCCCCCCCC)cc3)CC2)CC1. The van der Waals surface area contributed by atoms with E-state index in [1.165, 1.54) is 204 Å². The molecule has 2 saturated carbocycles. The van der Waals surface area contributed by atoms with Gasteiger partial charge in [-0.05, 0) is 143 Å². The smallest absolute Gasteiger partial charge is 0.397 e. The van der Waals surface area contributed by atoms with Crippen molar-refractivity contribution in [2.75, 3.05) is 13.2 Å². The second-order valence-electron chi connectivity index (χ2n) is 22.5. The van der Waals surface area contributed by atoms with Crippen molar-refractivity contribution in [3.05, 3.63) is 59.7 Å². The summed E-state index contributed by atoms with van der Waals surface area (Å²) < 4.78 is 39.6. The van der Waals surface area contributed by atoms with Gasteiger partial charge in [0.15, 0.2) is 0 Å². The lowest BCUT2D eigenvalue weighted by atomic mass is 9.60. The number of aryl methyl sites for hydroxylation is 2. The van der Waals surface area contributed by atoms with Crippen LogP contribution in [0.15, 0.2) is 48.5 Å². The van der Waals surface area contributed by atoms with Gasteiger partial charge < -0.3 is 18.1 Å². The van der Waals surface area contributed by atoms with E-state index in [9.17, 15) is 0 Å². The maximum absolute atomic E-state index is 6.79. The average Bonchev–Trinajstić information content (AvgIpc) is 3.38. The minimum atomic E-state index is -1.45. The van der Waals surface area contributed by atoms with Crippen molar-refractivity contribution in [1.29, 1.82) is 0 Å². The number of unbranched alkanes of at least 4 members (excludes halogenated alkanes) is 24. The van der Waals surface area contributed by atoms with Gasteiger partial charge in [-0.1, -0.05) is 220 Å². The molecule has 71 heavy (non-hydrogen) atoms. The Bertz CT molecular complexity index is 1390. The Labute approximate surface area is 441 Å². The standard InChI is InChI=1S/C63H110O6P2/c1-7-11-15-19-23-27-31-35-55-37-45-59(46-38-55)66-70(64-53-33-29-25-21-17-13-9-3)68-61-49-41-57(42-50-61)63(5,6)58-43-51-62(52-44-58)69-71(65-54-34-30-26-22-18-14-10-4)67-60-47-39-56(40-48-60)36-32-28-24-20-16-12-8-2/h37-40,45-48,57-58,61-62H,7-36,41-44,49-54H2,1-6H3. The zero-order chi connectivity index (χ0) is 50.5. The summed E-state index contributed by atoms with van der Waals surface area (Å²) in [7, 11) is -2.91. The molecule has 2 atom stereocenters. The van der Waals surface area contributed by atoms with Gasteiger partial charge in [-0.15, -0.1) is 0 Å². The minimum absolute atomic E-state index is 0.185. The second-order valence-corrected chi connectivity index (χ2v) is 24.7. The average molecular weight is 1030 g/mol. The highest BCUT2D eigenvalue weighted by Gasteiger charge is 2.42. The summed E-state index contributed by atoms with van der Waals surface area (Å²) in [5, 5.41) is 0. The van der Waals surface area contributed by atoms with Crippen LogP contribution >= 0.6 is 17.2 Å². The zero-order valence-electron chi connectivity index (χ0n) is 47.1. The van der Waals surface area contributed by atoms with Crippen molar-refractivity contribution in [2.45, 2.75) is 298 Å².